The largest absolute Gasteiger partial charge is 0.465 e. The van der Waals surface area contributed by atoms with Crippen LogP contribution in [0.15, 0.2) is 83.5 Å². The first-order chi connectivity index (χ1) is 16.8. The summed E-state index contributed by atoms with van der Waals surface area (Å²) in [6.07, 6.45) is 0. The molecule has 0 aliphatic carbocycles. The van der Waals surface area contributed by atoms with Crippen LogP contribution in [0.25, 0.3) is 0 Å². The topological polar surface area (TPSA) is 102 Å². The molecule has 3 aromatic carbocycles. The summed E-state index contributed by atoms with van der Waals surface area (Å²) in [5.74, 6) is -2.56. The number of imide groups is 1. The van der Waals surface area contributed by atoms with Gasteiger partial charge in [-0.05, 0) is 54.6 Å². The van der Waals surface area contributed by atoms with E-state index < -0.39 is 23.8 Å². The van der Waals surface area contributed by atoms with Crippen LogP contribution in [0.2, 0.25) is 5.02 Å². The number of hydrogen-bond donors (Lipinski definition) is 1. The van der Waals surface area contributed by atoms with Gasteiger partial charge in [-0.1, -0.05) is 41.4 Å². The fraction of sp³-hybridized carbons (Fsp3) is 0.0400. The monoisotopic (exact) mass is 510 g/mol. The lowest BCUT2D eigenvalue weighted by molar-refractivity contribution is -0.120. The lowest BCUT2D eigenvalue weighted by Gasteiger charge is -2.17. The number of ether oxygens (including phenoxy) is 2. The molecule has 8 nitrogen and oxygen atoms in total. The Labute approximate surface area is 209 Å². The number of carbonyl (C=O) groups excluding carboxylic acids is 4. The van der Waals surface area contributed by atoms with Crippen LogP contribution in [0.1, 0.15) is 20.7 Å². The van der Waals surface area contributed by atoms with E-state index in [9.17, 15) is 19.2 Å². The molecule has 2 amide bonds. The van der Waals surface area contributed by atoms with Crippen LogP contribution in [-0.2, 0) is 14.3 Å². The first kappa shape index (κ1) is 24.0. The predicted octanol–water partition coefficient (Wildman–Crippen LogP) is 4.78. The Morgan fingerprint density at radius 2 is 1.57 bits per heavy atom. The third-order valence-corrected chi connectivity index (χ3v) is 5.56. The number of hydrogen-bond acceptors (Lipinski definition) is 7. The van der Waals surface area contributed by atoms with Crippen molar-refractivity contribution in [2.45, 2.75) is 0 Å². The molecule has 0 unspecified atom stereocenters. The van der Waals surface area contributed by atoms with Gasteiger partial charge in [0.2, 0.25) is 0 Å². The molecular weight excluding hydrogens is 495 g/mol. The van der Waals surface area contributed by atoms with Crippen LogP contribution in [0.5, 0.6) is 5.75 Å². The second-order valence-corrected chi connectivity index (χ2v) is 8.01. The van der Waals surface area contributed by atoms with E-state index in [1.165, 1.54) is 49.6 Å². The Hall–Kier alpha value is -4.14. The van der Waals surface area contributed by atoms with Gasteiger partial charge < -0.3 is 14.8 Å². The first-order valence-corrected chi connectivity index (χ1v) is 10.9. The van der Waals surface area contributed by atoms with E-state index in [2.05, 4.69) is 5.32 Å². The summed E-state index contributed by atoms with van der Waals surface area (Å²) in [6.45, 7) is 0. The summed E-state index contributed by atoms with van der Waals surface area (Å²) >= 11 is 12.1. The number of anilines is 2. The number of amides is 2. The number of nitrogens with zero attached hydrogens (tertiary/aromatic N) is 1. The quantitative estimate of drug-likeness (QED) is 0.289. The van der Waals surface area contributed by atoms with Gasteiger partial charge in [-0.25, -0.2) is 14.5 Å². The normalized spacial score (nSPS) is 13.2. The molecule has 4 rings (SSSR count). The number of rotatable bonds is 6. The van der Waals surface area contributed by atoms with Crippen LogP contribution in [0.4, 0.5) is 11.4 Å². The second-order valence-electron chi connectivity index (χ2n) is 7.19. The Morgan fingerprint density at radius 1 is 0.857 bits per heavy atom. The molecular formula is C25H16Cl2N2O6. The molecule has 0 saturated heterocycles. The fourth-order valence-electron chi connectivity index (χ4n) is 3.31. The lowest BCUT2D eigenvalue weighted by Crippen LogP contribution is -2.33. The highest BCUT2D eigenvalue weighted by molar-refractivity contribution is 6.53. The zero-order valence-electron chi connectivity index (χ0n) is 18.1. The van der Waals surface area contributed by atoms with Crippen molar-refractivity contribution in [3.8, 4) is 5.75 Å². The summed E-state index contributed by atoms with van der Waals surface area (Å²) in [5.41, 5.74) is 0.541. The Morgan fingerprint density at radius 3 is 2.26 bits per heavy atom. The maximum Gasteiger partial charge on any atom is 0.343 e. The maximum absolute atomic E-state index is 13.1. The summed E-state index contributed by atoms with van der Waals surface area (Å²) in [6, 6.07) is 18.4. The van der Waals surface area contributed by atoms with Gasteiger partial charge in [-0.15, -0.1) is 0 Å². The maximum atomic E-state index is 13.1. The highest BCUT2D eigenvalue weighted by Crippen LogP contribution is 2.32. The van der Waals surface area contributed by atoms with Crippen molar-refractivity contribution in [2.24, 2.45) is 0 Å². The molecule has 0 spiro atoms. The minimum atomic E-state index is -0.794. The first-order valence-electron chi connectivity index (χ1n) is 10.1. The fourth-order valence-corrected chi connectivity index (χ4v) is 3.70. The third kappa shape index (κ3) is 4.89. The Balaban J connectivity index is 1.52. The summed E-state index contributed by atoms with van der Waals surface area (Å²) < 4.78 is 10.0. The molecule has 0 bridgehead atoms. The molecule has 1 aliphatic rings. The SMILES string of the molecule is COC(=O)c1ccccc1N1C(=O)C(Cl)=C(Nc2ccc(C(=O)Oc3cccc(Cl)c3)cc2)C1=O. The molecule has 0 fully saturated rings. The van der Waals surface area contributed by atoms with E-state index in [0.29, 0.717) is 16.5 Å². The molecule has 0 saturated carbocycles. The van der Waals surface area contributed by atoms with Gasteiger partial charge in [0, 0.05) is 10.7 Å². The van der Waals surface area contributed by atoms with Crippen LogP contribution < -0.4 is 15.0 Å². The molecule has 1 aliphatic heterocycles. The highest BCUT2D eigenvalue weighted by Gasteiger charge is 2.40. The van der Waals surface area contributed by atoms with E-state index in [0.717, 1.165) is 4.90 Å². The number of nitrogens with one attached hydrogen (secondary N) is 1. The molecule has 0 aromatic heterocycles. The van der Waals surface area contributed by atoms with E-state index >= 15 is 0 Å². The number of methoxy groups -OCH3 is 1. The van der Waals surface area contributed by atoms with Gasteiger partial charge in [0.25, 0.3) is 11.8 Å². The second kappa shape index (κ2) is 10.0. The number of para-hydroxylation sites is 1. The van der Waals surface area contributed by atoms with Gasteiger partial charge in [-0.2, -0.15) is 0 Å². The zero-order valence-corrected chi connectivity index (χ0v) is 19.6. The minimum absolute atomic E-state index is 0.0324. The van der Waals surface area contributed by atoms with Crippen molar-refractivity contribution >= 4 is 58.3 Å². The van der Waals surface area contributed by atoms with Gasteiger partial charge in [0.05, 0.1) is 23.9 Å². The zero-order chi connectivity index (χ0) is 25.1. The minimum Gasteiger partial charge on any atom is -0.465 e. The van der Waals surface area contributed by atoms with Crippen LogP contribution in [0, 0.1) is 0 Å². The highest BCUT2D eigenvalue weighted by atomic mass is 35.5. The average Bonchev–Trinajstić information content (AvgIpc) is 3.07. The van der Waals surface area contributed by atoms with Crippen molar-refractivity contribution in [2.75, 3.05) is 17.3 Å². The van der Waals surface area contributed by atoms with Crippen LogP contribution in [0.3, 0.4) is 0 Å². The van der Waals surface area contributed by atoms with Gasteiger partial charge >= 0.3 is 11.9 Å². The average molecular weight is 511 g/mol. The van der Waals surface area contributed by atoms with Crippen LogP contribution >= 0.6 is 23.2 Å². The van der Waals surface area contributed by atoms with Gasteiger partial charge in [0.15, 0.2) is 0 Å². The Bertz CT molecular complexity index is 1380. The molecule has 3 aromatic rings. The number of halogens is 2. The number of esters is 2. The summed E-state index contributed by atoms with van der Waals surface area (Å²) in [4.78, 5) is 51.1. The number of benzene rings is 3. The van der Waals surface area contributed by atoms with E-state index in [4.69, 9.17) is 32.7 Å². The van der Waals surface area contributed by atoms with E-state index in [1.807, 2.05) is 0 Å². The van der Waals surface area contributed by atoms with Gasteiger partial charge in [-0.3, -0.25) is 9.59 Å². The summed E-state index contributed by atoms with van der Waals surface area (Å²) in [7, 11) is 1.19. The third-order valence-electron chi connectivity index (χ3n) is 4.97. The molecule has 10 heteroatoms. The number of carbonyl (C=O) groups is 4. The summed E-state index contributed by atoms with van der Waals surface area (Å²) in [5, 5.41) is 2.89. The van der Waals surface area contributed by atoms with Crippen LogP contribution in [-0.4, -0.2) is 30.9 Å². The standard InChI is InChI=1S/C25H16Cl2N2O6/c1-34-25(33)18-7-2-3-8-19(18)29-22(30)20(27)21(23(29)31)28-16-11-9-14(10-12-16)24(32)35-17-6-4-5-15(26)13-17/h2-13,28H,1H3. The molecule has 0 atom stereocenters. The molecule has 176 valence electrons. The predicted molar refractivity (Wildman–Crippen MR) is 130 cm³/mol. The molecule has 0 radical (unpaired) electrons. The van der Waals surface area contributed by atoms with Crippen molar-refractivity contribution in [3.63, 3.8) is 0 Å². The Kier molecular flexibility index (Phi) is 6.86. The smallest absolute Gasteiger partial charge is 0.343 e. The van der Waals surface area contributed by atoms with Crippen molar-refractivity contribution in [1.82, 2.24) is 0 Å². The van der Waals surface area contributed by atoms with Crippen molar-refractivity contribution < 1.29 is 28.7 Å². The molecule has 1 heterocycles. The van der Waals surface area contributed by atoms with Crippen molar-refractivity contribution in [1.29, 1.82) is 0 Å². The molecule has 35 heavy (non-hydrogen) atoms. The van der Waals surface area contributed by atoms with Gasteiger partial charge in [0.1, 0.15) is 16.5 Å². The van der Waals surface area contributed by atoms with E-state index in [-0.39, 0.29) is 27.5 Å². The lowest BCUT2D eigenvalue weighted by atomic mass is 10.1. The van der Waals surface area contributed by atoms with Crippen molar-refractivity contribution in [3.05, 3.63) is 99.7 Å². The van der Waals surface area contributed by atoms with E-state index in [1.54, 1.807) is 30.3 Å². The molecule has 1 N–H and O–H groups in total.